The summed E-state index contributed by atoms with van der Waals surface area (Å²) in [6.07, 6.45) is 1.31. The third-order valence-corrected chi connectivity index (χ3v) is 3.90. The highest BCUT2D eigenvalue weighted by Crippen LogP contribution is 2.28. The van der Waals surface area contributed by atoms with E-state index >= 15 is 0 Å². The van der Waals surface area contributed by atoms with Gasteiger partial charge in [-0.3, -0.25) is 4.79 Å². The van der Waals surface area contributed by atoms with Gasteiger partial charge in [0.05, 0.1) is 18.6 Å². The molecule has 1 fully saturated rings. The Morgan fingerprint density at radius 2 is 2.35 bits per heavy atom. The molecule has 1 saturated heterocycles. The standard InChI is InChI=1S/C12H24N2O3/c1-4-11(2,5-6-15)14-10(16)12(3)8-17-7-9(12)13/h9,15H,4-8,13H2,1-3H3,(H,14,16). The Morgan fingerprint density at radius 3 is 2.76 bits per heavy atom. The van der Waals surface area contributed by atoms with Crippen LogP contribution in [0.15, 0.2) is 0 Å². The second-order valence-electron chi connectivity index (χ2n) is 5.38. The van der Waals surface area contributed by atoms with Crippen LogP contribution in [0.25, 0.3) is 0 Å². The van der Waals surface area contributed by atoms with Crippen LogP contribution >= 0.6 is 0 Å². The molecule has 3 unspecified atom stereocenters. The van der Waals surface area contributed by atoms with Gasteiger partial charge >= 0.3 is 0 Å². The van der Waals surface area contributed by atoms with Gasteiger partial charge in [-0.05, 0) is 26.7 Å². The van der Waals surface area contributed by atoms with E-state index < -0.39 is 5.41 Å². The van der Waals surface area contributed by atoms with Crippen LogP contribution in [0, 0.1) is 5.41 Å². The van der Waals surface area contributed by atoms with E-state index in [2.05, 4.69) is 5.32 Å². The third-order valence-electron chi connectivity index (χ3n) is 3.90. The smallest absolute Gasteiger partial charge is 0.230 e. The van der Waals surface area contributed by atoms with Crippen LogP contribution in [0.3, 0.4) is 0 Å². The second-order valence-corrected chi connectivity index (χ2v) is 5.38. The van der Waals surface area contributed by atoms with E-state index in [9.17, 15) is 4.79 Å². The molecule has 0 aromatic carbocycles. The maximum absolute atomic E-state index is 12.3. The molecule has 3 atom stereocenters. The molecule has 0 radical (unpaired) electrons. The molecule has 1 heterocycles. The molecule has 1 aliphatic rings. The van der Waals surface area contributed by atoms with Gasteiger partial charge in [0, 0.05) is 18.2 Å². The Labute approximate surface area is 103 Å². The Kier molecular flexibility index (Phi) is 4.52. The number of amides is 1. The first-order valence-electron chi connectivity index (χ1n) is 6.15. The fourth-order valence-electron chi connectivity index (χ4n) is 1.91. The van der Waals surface area contributed by atoms with Crippen molar-refractivity contribution in [1.82, 2.24) is 5.32 Å². The van der Waals surface area contributed by atoms with E-state index in [0.717, 1.165) is 6.42 Å². The zero-order chi connectivity index (χ0) is 13.1. The lowest BCUT2D eigenvalue weighted by Crippen LogP contribution is -2.56. The first-order valence-corrected chi connectivity index (χ1v) is 6.15. The van der Waals surface area contributed by atoms with Crippen LogP contribution in [-0.4, -0.2) is 42.4 Å². The molecule has 0 bridgehead atoms. The molecule has 100 valence electrons. The number of ether oxygens (including phenoxy) is 1. The normalized spacial score (nSPS) is 32.2. The van der Waals surface area contributed by atoms with E-state index in [1.54, 1.807) is 0 Å². The lowest BCUT2D eigenvalue weighted by atomic mass is 9.83. The summed E-state index contributed by atoms with van der Waals surface area (Å²) in [6.45, 7) is 6.60. The van der Waals surface area contributed by atoms with Crippen LogP contribution in [0.4, 0.5) is 0 Å². The molecule has 5 nitrogen and oxygen atoms in total. The summed E-state index contributed by atoms with van der Waals surface area (Å²) < 4.78 is 5.27. The monoisotopic (exact) mass is 244 g/mol. The molecular weight excluding hydrogens is 220 g/mol. The molecule has 0 saturated carbocycles. The molecule has 0 spiro atoms. The van der Waals surface area contributed by atoms with E-state index in [0.29, 0.717) is 19.6 Å². The van der Waals surface area contributed by atoms with Gasteiger partial charge in [0.15, 0.2) is 0 Å². The van der Waals surface area contributed by atoms with Gasteiger partial charge in [-0.25, -0.2) is 0 Å². The van der Waals surface area contributed by atoms with Gasteiger partial charge in [-0.15, -0.1) is 0 Å². The van der Waals surface area contributed by atoms with Gasteiger partial charge in [0.2, 0.25) is 5.91 Å². The Bertz CT molecular complexity index is 285. The van der Waals surface area contributed by atoms with Crippen LogP contribution in [0.1, 0.15) is 33.6 Å². The predicted molar refractivity (Wildman–Crippen MR) is 65.4 cm³/mol. The predicted octanol–water partition coefficient (Wildman–Crippen LogP) is 0.0175. The molecular formula is C12H24N2O3. The second kappa shape index (κ2) is 5.33. The van der Waals surface area contributed by atoms with Crippen molar-refractivity contribution in [3.8, 4) is 0 Å². The Hall–Kier alpha value is -0.650. The van der Waals surface area contributed by atoms with Crippen molar-refractivity contribution < 1.29 is 14.6 Å². The molecule has 5 heteroatoms. The van der Waals surface area contributed by atoms with Crippen molar-refractivity contribution >= 4 is 5.91 Å². The van der Waals surface area contributed by atoms with Crippen molar-refractivity contribution in [3.63, 3.8) is 0 Å². The maximum Gasteiger partial charge on any atom is 0.230 e. The van der Waals surface area contributed by atoms with Gasteiger partial charge < -0.3 is 20.9 Å². The first kappa shape index (κ1) is 14.4. The fraction of sp³-hybridized carbons (Fsp3) is 0.917. The number of carbonyl (C=O) groups is 1. The summed E-state index contributed by atoms with van der Waals surface area (Å²) in [5.41, 5.74) is 4.87. The number of nitrogens with two attached hydrogens (primary N) is 1. The number of hydrogen-bond donors (Lipinski definition) is 3. The molecule has 0 aromatic heterocycles. The quantitative estimate of drug-likeness (QED) is 0.636. The Morgan fingerprint density at radius 1 is 1.71 bits per heavy atom. The zero-order valence-corrected chi connectivity index (χ0v) is 11.0. The lowest BCUT2D eigenvalue weighted by Gasteiger charge is -2.34. The summed E-state index contributed by atoms with van der Waals surface area (Å²) in [4.78, 5) is 12.3. The number of rotatable bonds is 5. The molecule has 1 aliphatic heterocycles. The number of aliphatic hydroxyl groups excluding tert-OH is 1. The summed E-state index contributed by atoms with van der Waals surface area (Å²) >= 11 is 0. The van der Waals surface area contributed by atoms with Gasteiger partial charge in [0.25, 0.3) is 0 Å². The largest absolute Gasteiger partial charge is 0.396 e. The van der Waals surface area contributed by atoms with Crippen molar-refractivity contribution in [2.45, 2.75) is 45.2 Å². The van der Waals surface area contributed by atoms with Crippen molar-refractivity contribution in [1.29, 1.82) is 0 Å². The fourth-order valence-corrected chi connectivity index (χ4v) is 1.91. The van der Waals surface area contributed by atoms with Crippen LogP contribution in [0.2, 0.25) is 0 Å². The van der Waals surface area contributed by atoms with Gasteiger partial charge in [-0.2, -0.15) is 0 Å². The number of hydrogen-bond acceptors (Lipinski definition) is 4. The highest BCUT2D eigenvalue weighted by atomic mass is 16.5. The number of nitrogens with one attached hydrogen (secondary N) is 1. The lowest BCUT2D eigenvalue weighted by molar-refractivity contribution is -0.132. The Balaban J connectivity index is 2.70. The van der Waals surface area contributed by atoms with Crippen LogP contribution < -0.4 is 11.1 Å². The molecule has 17 heavy (non-hydrogen) atoms. The molecule has 4 N–H and O–H groups in total. The topological polar surface area (TPSA) is 84.6 Å². The minimum Gasteiger partial charge on any atom is -0.396 e. The first-order chi connectivity index (χ1) is 7.88. The number of carbonyl (C=O) groups excluding carboxylic acids is 1. The zero-order valence-electron chi connectivity index (χ0n) is 11.0. The molecule has 1 rings (SSSR count). The van der Waals surface area contributed by atoms with Gasteiger partial charge in [-0.1, -0.05) is 6.92 Å². The molecule has 0 aromatic rings. The van der Waals surface area contributed by atoms with Gasteiger partial charge in [0.1, 0.15) is 0 Å². The van der Waals surface area contributed by atoms with E-state index in [-0.39, 0.29) is 24.1 Å². The van der Waals surface area contributed by atoms with Crippen molar-refractivity contribution in [2.75, 3.05) is 19.8 Å². The average molecular weight is 244 g/mol. The van der Waals surface area contributed by atoms with Crippen molar-refractivity contribution in [3.05, 3.63) is 0 Å². The van der Waals surface area contributed by atoms with E-state index in [4.69, 9.17) is 15.6 Å². The molecule has 0 aliphatic carbocycles. The minimum absolute atomic E-state index is 0.0594. The summed E-state index contributed by atoms with van der Waals surface area (Å²) in [6, 6.07) is -0.266. The summed E-state index contributed by atoms with van der Waals surface area (Å²) in [7, 11) is 0. The van der Waals surface area contributed by atoms with E-state index in [1.807, 2.05) is 20.8 Å². The van der Waals surface area contributed by atoms with Crippen LogP contribution in [-0.2, 0) is 9.53 Å². The number of aliphatic hydroxyl groups is 1. The highest BCUT2D eigenvalue weighted by Gasteiger charge is 2.45. The van der Waals surface area contributed by atoms with E-state index in [1.165, 1.54) is 0 Å². The SMILES string of the molecule is CCC(C)(CCO)NC(=O)C1(C)COCC1N. The third kappa shape index (κ3) is 2.97. The minimum atomic E-state index is -0.661. The summed E-state index contributed by atoms with van der Waals surface area (Å²) in [5, 5.41) is 12.0. The van der Waals surface area contributed by atoms with Crippen LogP contribution in [0.5, 0.6) is 0 Å². The maximum atomic E-state index is 12.3. The summed E-state index contributed by atoms with van der Waals surface area (Å²) in [5.74, 6) is -0.0831. The van der Waals surface area contributed by atoms with Crippen molar-refractivity contribution in [2.24, 2.45) is 11.1 Å². The highest BCUT2D eigenvalue weighted by molar-refractivity contribution is 5.84. The average Bonchev–Trinajstić information content (AvgIpc) is 2.61. The molecule has 1 amide bonds.